The molecule has 0 bridgehead atoms. The second kappa shape index (κ2) is 4.54. The van der Waals surface area contributed by atoms with Gasteiger partial charge in [-0.2, -0.15) is 4.58 Å². The maximum absolute atomic E-state index is 3.82. The molecule has 1 aromatic carbocycles. The minimum Gasteiger partial charge on any atom is -1.00 e. The molecule has 1 aliphatic rings. The molecular weight excluding hydrogens is 262 g/mol. The average Bonchev–Trinajstić information content (AvgIpc) is 2.42. The second-order valence-electron chi connectivity index (χ2n) is 4.63. The summed E-state index contributed by atoms with van der Waals surface area (Å²) < 4.78 is 2.35. The molecule has 0 N–H and O–H groups in total. The summed E-state index contributed by atoms with van der Waals surface area (Å²) in [6, 6.07) is 8.63. The SMILES string of the molecule is C=CC[N+]1=C(C)C(C)(C)c2ccccc21.[Br-]. The maximum Gasteiger partial charge on any atom is 0.209 e. The summed E-state index contributed by atoms with van der Waals surface area (Å²) in [5.74, 6) is 0. The van der Waals surface area contributed by atoms with Crippen molar-refractivity contribution >= 4 is 11.4 Å². The summed E-state index contributed by atoms with van der Waals surface area (Å²) in [7, 11) is 0. The van der Waals surface area contributed by atoms with Gasteiger partial charge < -0.3 is 17.0 Å². The molecule has 16 heavy (non-hydrogen) atoms. The van der Waals surface area contributed by atoms with Crippen molar-refractivity contribution in [2.75, 3.05) is 6.54 Å². The Kier molecular flexibility index (Phi) is 3.74. The van der Waals surface area contributed by atoms with Gasteiger partial charge in [-0.05, 0) is 19.9 Å². The Morgan fingerprint density at radius 2 is 1.94 bits per heavy atom. The third-order valence-electron chi connectivity index (χ3n) is 3.49. The smallest absolute Gasteiger partial charge is 0.209 e. The summed E-state index contributed by atoms with van der Waals surface area (Å²) in [5, 5.41) is 0. The van der Waals surface area contributed by atoms with E-state index in [9.17, 15) is 0 Å². The van der Waals surface area contributed by atoms with E-state index in [4.69, 9.17) is 0 Å². The molecule has 1 aliphatic heterocycles. The molecule has 0 saturated carbocycles. The van der Waals surface area contributed by atoms with Crippen molar-refractivity contribution in [3.8, 4) is 0 Å². The van der Waals surface area contributed by atoms with Crippen LogP contribution in [0.5, 0.6) is 0 Å². The first-order chi connectivity index (χ1) is 7.09. The van der Waals surface area contributed by atoms with Crippen LogP contribution in [0.15, 0.2) is 36.9 Å². The van der Waals surface area contributed by atoms with E-state index in [1.54, 1.807) is 0 Å². The maximum atomic E-state index is 3.82. The molecule has 0 unspecified atom stereocenters. The van der Waals surface area contributed by atoms with E-state index in [2.05, 4.69) is 56.2 Å². The first-order valence-electron chi connectivity index (χ1n) is 5.41. The average molecular weight is 280 g/mol. The number of para-hydroxylation sites is 1. The second-order valence-corrected chi connectivity index (χ2v) is 4.63. The molecule has 0 aliphatic carbocycles. The zero-order valence-corrected chi connectivity index (χ0v) is 11.7. The fraction of sp³-hybridized carbons (Fsp3) is 0.357. The highest BCUT2D eigenvalue weighted by molar-refractivity contribution is 5.93. The van der Waals surface area contributed by atoms with Crippen LogP contribution in [0, 0.1) is 0 Å². The van der Waals surface area contributed by atoms with Crippen molar-refractivity contribution in [1.82, 2.24) is 0 Å². The minimum absolute atomic E-state index is 0. The highest BCUT2D eigenvalue weighted by Gasteiger charge is 2.41. The van der Waals surface area contributed by atoms with Gasteiger partial charge in [-0.3, -0.25) is 0 Å². The molecule has 2 rings (SSSR count). The molecule has 0 spiro atoms. The third-order valence-corrected chi connectivity index (χ3v) is 3.49. The van der Waals surface area contributed by atoms with Crippen LogP contribution in [0.4, 0.5) is 5.69 Å². The Hall–Kier alpha value is -0.890. The lowest BCUT2D eigenvalue weighted by Crippen LogP contribution is -3.00. The van der Waals surface area contributed by atoms with Crippen LogP contribution in [0.25, 0.3) is 0 Å². The Morgan fingerprint density at radius 1 is 1.31 bits per heavy atom. The Bertz CT molecular complexity index is 444. The van der Waals surface area contributed by atoms with E-state index in [0.29, 0.717) is 0 Å². The lowest BCUT2D eigenvalue weighted by Gasteiger charge is -2.14. The Labute approximate surface area is 108 Å². The molecule has 0 saturated heterocycles. The molecule has 0 fully saturated rings. The normalized spacial score (nSPS) is 16.7. The van der Waals surface area contributed by atoms with Gasteiger partial charge in [-0.15, -0.1) is 0 Å². The predicted molar refractivity (Wildman–Crippen MR) is 65.1 cm³/mol. The molecule has 1 nitrogen and oxygen atoms in total. The minimum atomic E-state index is 0. The van der Waals surface area contributed by atoms with Crippen molar-refractivity contribution < 1.29 is 21.6 Å². The van der Waals surface area contributed by atoms with Crippen molar-refractivity contribution in [2.24, 2.45) is 0 Å². The van der Waals surface area contributed by atoms with Gasteiger partial charge in [0, 0.05) is 18.6 Å². The van der Waals surface area contributed by atoms with Gasteiger partial charge in [0.1, 0.15) is 0 Å². The number of rotatable bonds is 2. The van der Waals surface area contributed by atoms with Crippen LogP contribution in [0.1, 0.15) is 26.3 Å². The number of hydrogen-bond acceptors (Lipinski definition) is 0. The van der Waals surface area contributed by atoms with Gasteiger partial charge >= 0.3 is 0 Å². The summed E-state index contributed by atoms with van der Waals surface area (Å²) in [6.45, 7) is 11.5. The predicted octanol–water partition coefficient (Wildman–Crippen LogP) is 0.273. The molecule has 1 heterocycles. The Balaban J connectivity index is 0.00000128. The van der Waals surface area contributed by atoms with Crippen LogP contribution in [0.2, 0.25) is 0 Å². The summed E-state index contributed by atoms with van der Waals surface area (Å²) in [5.41, 5.74) is 4.31. The molecule has 0 radical (unpaired) electrons. The molecule has 0 amide bonds. The third kappa shape index (κ3) is 1.75. The standard InChI is InChI=1S/C14H18N.BrH/c1-5-10-15-11(2)14(3,4)12-8-6-7-9-13(12)15;/h5-9H,1,10H2,2-4H3;1H/q+1;/p-1. The van der Waals surface area contributed by atoms with Gasteiger partial charge in [0.05, 0.1) is 5.41 Å². The van der Waals surface area contributed by atoms with Gasteiger partial charge in [0.2, 0.25) is 5.69 Å². The van der Waals surface area contributed by atoms with E-state index in [1.807, 2.05) is 6.08 Å². The number of hydrogen-bond donors (Lipinski definition) is 0. The molecular formula is C14H18BrN. The van der Waals surface area contributed by atoms with Crippen LogP contribution in [-0.4, -0.2) is 16.8 Å². The molecule has 0 atom stereocenters. The zero-order valence-electron chi connectivity index (χ0n) is 10.1. The largest absolute Gasteiger partial charge is 1.00 e. The van der Waals surface area contributed by atoms with Gasteiger partial charge in [0.25, 0.3) is 0 Å². The lowest BCUT2D eigenvalue weighted by atomic mass is 9.82. The quantitative estimate of drug-likeness (QED) is 0.540. The summed E-state index contributed by atoms with van der Waals surface area (Å²) in [6.07, 6.45) is 1.96. The highest BCUT2D eigenvalue weighted by Crippen LogP contribution is 2.38. The number of benzene rings is 1. The molecule has 1 aromatic rings. The van der Waals surface area contributed by atoms with Crippen molar-refractivity contribution in [2.45, 2.75) is 26.2 Å². The molecule has 86 valence electrons. The first-order valence-corrected chi connectivity index (χ1v) is 5.41. The number of nitrogens with zero attached hydrogens (tertiary/aromatic N) is 1. The van der Waals surface area contributed by atoms with Gasteiger partial charge in [-0.1, -0.05) is 24.8 Å². The van der Waals surface area contributed by atoms with Crippen LogP contribution < -0.4 is 17.0 Å². The fourth-order valence-corrected chi connectivity index (χ4v) is 2.31. The zero-order chi connectivity index (χ0) is 11.1. The topological polar surface area (TPSA) is 3.01 Å². The monoisotopic (exact) mass is 279 g/mol. The van der Waals surface area contributed by atoms with Crippen molar-refractivity contribution in [3.05, 3.63) is 42.5 Å². The van der Waals surface area contributed by atoms with E-state index in [1.165, 1.54) is 17.0 Å². The molecule has 0 aromatic heterocycles. The number of halogens is 1. The van der Waals surface area contributed by atoms with E-state index in [0.717, 1.165) is 6.54 Å². The van der Waals surface area contributed by atoms with E-state index in [-0.39, 0.29) is 22.4 Å². The van der Waals surface area contributed by atoms with Gasteiger partial charge in [0.15, 0.2) is 12.3 Å². The fourth-order valence-electron chi connectivity index (χ4n) is 2.31. The van der Waals surface area contributed by atoms with E-state index >= 15 is 0 Å². The first kappa shape index (κ1) is 13.2. The summed E-state index contributed by atoms with van der Waals surface area (Å²) in [4.78, 5) is 0. The van der Waals surface area contributed by atoms with E-state index < -0.39 is 0 Å². The van der Waals surface area contributed by atoms with Crippen molar-refractivity contribution in [3.63, 3.8) is 0 Å². The van der Waals surface area contributed by atoms with Crippen molar-refractivity contribution in [1.29, 1.82) is 0 Å². The van der Waals surface area contributed by atoms with Gasteiger partial charge in [-0.25, -0.2) is 0 Å². The lowest BCUT2D eigenvalue weighted by molar-refractivity contribution is -0.426. The Morgan fingerprint density at radius 3 is 2.56 bits per heavy atom. The highest BCUT2D eigenvalue weighted by atomic mass is 79.9. The van der Waals surface area contributed by atoms with Crippen LogP contribution >= 0.6 is 0 Å². The number of fused-ring (bicyclic) bond motifs is 1. The summed E-state index contributed by atoms with van der Waals surface area (Å²) >= 11 is 0. The van der Waals surface area contributed by atoms with Crippen LogP contribution in [-0.2, 0) is 5.41 Å². The van der Waals surface area contributed by atoms with Crippen LogP contribution in [0.3, 0.4) is 0 Å². The molecule has 2 heteroatoms.